The van der Waals surface area contributed by atoms with E-state index >= 15 is 0 Å². The fourth-order valence-electron chi connectivity index (χ4n) is 1.71. The summed E-state index contributed by atoms with van der Waals surface area (Å²) in [5.74, 6) is -0.372. The highest BCUT2D eigenvalue weighted by Crippen LogP contribution is 2.35. The topological polar surface area (TPSA) is 43.4 Å². The summed E-state index contributed by atoms with van der Waals surface area (Å²) in [7, 11) is 0. The number of cyclic esters (lactones) is 1. The Hall–Kier alpha value is -0.860. The van der Waals surface area contributed by atoms with E-state index in [0.29, 0.717) is 19.4 Å². The summed E-state index contributed by atoms with van der Waals surface area (Å²) >= 11 is 0. The maximum atomic E-state index is 11.3. The lowest BCUT2D eigenvalue weighted by atomic mass is 9.79. The summed E-state index contributed by atoms with van der Waals surface area (Å²) in [6.07, 6.45) is 2.03. The average molecular weight is 170 g/mol. The van der Waals surface area contributed by atoms with Crippen molar-refractivity contribution in [2.75, 3.05) is 6.61 Å². The standard InChI is InChI=1S/C9H14O3/c1-3-4-9(7(2)10)5-6-12-8(9)11/h3-6H2,1-2H3/t9-/m0/s1. The van der Waals surface area contributed by atoms with E-state index in [4.69, 9.17) is 4.74 Å². The lowest BCUT2D eigenvalue weighted by Crippen LogP contribution is -2.33. The van der Waals surface area contributed by atoms with Gasteiger partial charge >= 0.3 is 5.97 Å². The van der Waals surface area contributed by atoms with E-state index in [0.717, 1.165) is 6.42 Å². The van der Waals surface area contributed by atoms with Crippen molar-refractivity contribution in [3.05, 3.63) is 0 Å². The van der Waals surface area contributed by atoms with Crippen molar-refractivity contribution in [2.45, 2.75) is 33.1 Å². The maximum absolute atomic E-state index is 11.3. The Morgan fingerprint density at radius 3 is 2.67 bits per heavy atom. The SMILES string of the molecule is CCC[C@@]1(C(C)=O)CCOC1=O. The van der Waals surface area contributed by atoms with Gasteiger partial charge in [0.15, 0.2) is 0 Å². The van der Waals surface area contributed by atoms with Crippen molar-refractivity contribution in [1.29, 1.82) is 0 Å². The summed E-state index contributed by atoms with van der Waals surface area (Å²) in [6.45, 7) is 3.84. The van der Waals surface area contributed by atoms with Gasteiger partial charge in [0.25, 0.3) is 0 Å². The molecule has 0 aromatic rings. The van der Waals surface area contributed by atoms with Crippen LogP contribution in [0.5, 0.6) is 0 Å². The van der Waals surface area contributed by atoms with Gasteiger partial charge in [0.05, 0.1) is 6.61 Å². The van der Waals surface area contributed by atoms with Crippen LogP contribution in [0.15, 0.2) is 0 Å². The first-order valence-corrected chi connectivity index (χ1v) is 4.32. The van der Waals surface area contributed by atoms with Gasteiger partial charge in [-0.15, -0.1) is 0 Å². The molecule has 1 fully saturated rings. The maximum Gasteiger partial charge on any atom is 0.319 e. The number of carbonyl (C=O) groups excluding carboxylic acids is 2. The van der Waals surface area contributed by atoms with Crippen molar-refractivity contribution < 1.29 is 14.3 Å². The van der Waals surface area contributed by atoms with Crippen molar-refractivity contribution in [1.82, 2.24) is 0 Å². The van der Waals surface area contributed by atoms with E-state index in [1.54, 1.807) is 0 Å². The summed E-state index contributed by atoms with van der Waals surface area (Å²) < 4.78 is 4.82. The minimum Gasteiger partial charge on any atom is -0.465 e. The Kier molecular flexibility index (Phi) is 2.50. The molecule has 3 heteroatoms. The second kappa shape index (κ2) is 3.25. The molecular formula is C9H14O3. The molecule has 1 aliphatic rings. The van der Waals surface area contributed by atoms with Crippen molar-refractivity contribution in [3.8, 4) is 0 Å². The monoisotopic (exact) mass is 170 g/mol. The first kappa shape index (κ1) is 9.23. The predicted molar refractivity (Wildman–Crippen MR) is 43.6 cm³/mol. The fourth-order valence-corrected chi connectivity index (χ4v) is 1.71. The molecule has 12 heavy (non-hydrogen) atoms. The lowest BCUT2D eigenvalue weighted by molar-refractivity contribution is -0.151. The molecule has 0 bridgehead atoms. The number of rotatable bonds is 3. The predicted octanol–water partition coefficient (Wildman–Crippen LogP) is 1.31. The number of Topliss-reactive ketones (excluding diaryl/α,β-unsaturated/α-hetero) is 1. The number of hydrogen-bond acceptors (Lipinski definition) is 3. The van der Waals surface area contributed by atoms with Crippen LogP contribution in [-0.4, -0.2) is 18.4 Å². The molecule has 0 spiro atoms. The second-order valence-corrected chi connectivity index (χ2v) is 3.27. The molecule has 0 aliphatic carbocycles. The molecule has 1 saturated heterocycles. The number of hydrogen-bond donors (Lipinski definition) is 0. The fraction of sp³-hybridized carbons (Fsp3) is 0.778. The van der Waals surface area contributed by atoms with Crippen LogP contribution in [-0.2, 0) is 14.3 Å². The molecule has 1 rings (SSSR count). The quantitative estimate of drug-likeness (QED) is 0.473. The molecule has 68 valence electrons. The molecule has 0 amide bonds. The minimum absolute atomic E-state index is 0.0492. The summed E-state index contributed by atoms with van der Waals surface area (Å²) in [5.41, 5.74) is -0.797. The number of ether oxygens (including phenoxy) is 1. The van der Waals surface area contributed by atoms with E-state index in [-0.39, 0.29) is 11.8 Å². The number of ketones is 1. The molecule has 1 aliphatic heterocycles. The highest BCUT2D eigenvalue weighted by Gasteiger charge is 2.47. The molecule has 1 heterocycles. The number of esters is 1. The van der Waals surface area contributed by atoms with Crippen LogP contribution in [0.2, 0.25) is 0 Å². The van der Waals surface area contributed by atoms with Crippen molar-refractivity contribution in [2.24, 2.45) is 5.41 Å². The second-order valence-electron chi connectivity index (χ2n) is 3.27. The van der Waals surface area contributed by atoms with Crippen LogP contribution in [0, 0.1) is 5.41 Å². The van der Waals surface area contributed by atoms with Crippen LogP contribution < -0.4 is 0 Å². The van der Waals surface area contributed by atoms with E-state index in [2.05, 4.69) is 0 Å². The van der Waals surface area contributed by atoms with Gasteiger partial charge in [-0.25, -0.2) is 0 Å². The Balaban J connectivity index is 2.85. The van der Waals surface area contributed by atoms with E-state index in [1.165, 1.54) is 6.92 Å². The Morgan fingerprint density at radius 1 is 1.67 bits per heavy atom. The molecule has 0 radical (unpaired) electrons. The first-order valence-electron chi connectivity index (χ1n) is 4.32. The molecule has 0 aromatic heterocycles. The first-order chi connectivity index (χ1) is 5.63. The molecule has 0 N–H and O–H groups in total. The third-order valence-corrected chi connectivity index (χ3v) is 2.50. The van der Waals surface area contributed by atoms with Crippen molar-refractivity contribution in [3.63, 3.8) is 0 Å². The van der Waals surface area contributed by atoms with Gasteiger partial charge in [-0.2, -0.15) is 0 Å². The van der Waals surface area contributed by atoms with E-state index < -0.39 is 5.41 Å². The molecule has 3 nitrogen and oxygen atoms in total. The van der Waals surface area contributed by atoms with Gasteiger partial charge in [-0.3, -0.25) is 9.59 Å². The van der Waals surface area contributed by atoms with Crippen LogP contribution in [0.3, 0.4) is 0 Å². The van der Waals surface area contributed by atoms with Gasteiger partial charge in [0.2, 0.25) is 0 Å². The van der Waals surface area contributed by atoms with E-state index in [1.807, 2.05) is 6.92 Å². The van der Waals surface area contributed by atoms with Gasteiger partial charge in [-0.05, 0) is 13.3 Å². The highest BCUT2D eigenvalue weighted by molar-refractivity contribution is 6.03. The van der Waals surface area contributed by atoms with Crippen LogP contribution in [0.25, 0.3) is 0 Å². The normalized spacial score (nSPS) is 28.7. The molecule has 0 aromatic carbocycles. The van der Waals surface area contributed by atoms with Gasteiger partial charge in [0, 0.05) is 6.42 Å². The van der Waals surface area contributed by atoms with Crippen molar-refractivity contribution >= 4 is 11.8 Å². The molecule has 1 atom stereocenters. The molecule has 0 saturated carbocycles. The zero-order valence-corrected chi connectivity index (χ0v) is 7.55. The van der Waals surface area contributed by atoms with Gasteiger partial charge in [0.1, 0.15) is 11.2 Å². The largest absolute Gasteiger partial charge is 0.465 e. The number of carbonyl (C=O) groups is 2. The van der Waals surface area contributed by atoms with Crippen LogP contribution in [0.4, 0.5) is 0 Å². The smallest absolute Gasteiger partial charge is 0.319 e. The van der Waals surface area contributed by atoms with Gasteiger partial charge < -0.3 is 4.74 Å². The highest BCUT2D eigenvalue weighted by atomic mass is 16.5. The Bertz CT molecular complexity index is 210. The summed E-state index contributed by atoms with van der Waals surface area (Å²) in [5, 5.41) is 0. The minimum atomic E-state index is -0.797. The molecular weight excluding hydrogens is 156 g/mol. The third kappa shape index (κ3) is 1.24. The Morgan fingerprint density at radius 2 is 2.33 bits per heavy atom. The molecule has 0 unspecified atom stereocenters. The van der Waals surface area contributed by atoms with Gasteiger partial charge in [-0.1, -0.05) is 13.3 Å². The third-order valence-electron chi connectivity index (χ3n) is 2.50. The zero-order valence-electron chi connectivity index (χ0n) is 7.55. The average Bonchev–Trinajstić information content (AvgIpc) is 2.34. The zero-order chi connectivity index (χ0) is 9.19. The summed E-state index contributed by atoms with van der Waals surface area (Å²) in [4.78, 5) is 22.6. The Labute approximate surface area is 72.1 Å². The van der Waals surface area contributed by atoms with Crippen LogP contribution >= 0.6 is 0 Å². The van der Waals surface area contributed by atoms with Crippen LogP contribution in [0.1, 0.15) is 33.1 Å². The van der Waals surface area contributed by atoms with E-state index in [9.17, 15) is 9.59 Å². The summed E-state index contributed by atoms with van der Waals surface area (Å²) in [6, 6.07) is 0. The lowest BCUT2D eigenvalue weighted by Gasteiger charge is -2.19.